The average molecular weight is 337 g/mol. The molecule has 1 aliphatic rings. The number of halogens is 1. The number of carbonyl (C=O) groups excluding carboxylic acids is 1. The van der Waals surface area contributed by atoms with Crippen molar-refractivity contribution in [3.05, 3.63) is 41.2 Å². The molecule has 1 saturated carbocycles. The Morgan fingerprint density at radius 2 is 2.13 bits per heavy atom. The highest BCUT2D eigenvalue weighted by Gasteiger charge is 2.31. The largest absolute Gasteiger partial charge is 0.399 e. The number of nitrogens with two attached hydrogens (primary N) is 1. The second kappa shape index (κ2) is 7.48. The fourth-order valence-corrected chi connectivity index (χ4v) is 2.54. The first-order chi connectivity index (χ1) is 11.0. The Morgan fingerprint density at radius 3 is 2.70 bits per heavy atom. The molecule has 2 unspecified atom stereocenters. The molecule has 124 valence electrons. The van der Waals surface area contributed by atoms with E-state index in [1.807, 2.05) is 13.8 Å². The van der Waals surface area contributed by atoms with Crippen LogP contribution in [-0.4, -0.2) is 26.9 Å². The van der Waals surface area contributed by atoms with Gasteiger partial charge in [-0.1, -0.05) is 25.4 Å². The van der Waals surface area contributed by atoms with Gasteiger partial charge >= 0.3 is 0 Å². The first kappa shape index (κ1) is 17.3. The maximum atomic E-state index is 12.1. The lowest BCUT2D eigenvalue weighted by Gasteiger charge is -2.32. The Labute approximate surface area is 140 Å². The van der Waals surface area contributed by atoms with Crippen molar-refractivity contribution >= 4 is 28.9 Å². The molecular weight excluding hydrogens is 316 g/mol. The van der Waals surface area contributed by atoms with Gasteiger partial charge in [0.25, 0.3) is 5.91 Å². The zero-order valence-corrected chi connectivity index (χ0v) is 13.9. The van der Waals surface area contributed by atoms with E-state index in [2.05, 4.69) is 10.4 Å². The van der Waals surface area contributed by atoms with Crippen molar-refractivity contribution in [1.82, 2.24) is 9.78 Å². The van der Waals surface area contributed by atoms with E-state index in [1.54, 1.807) is 29.1 Å². The lowest BCUT2D eigenvalue weighted by Crippen LogP contribution is -2.33. The predicted molar refractivity (Wildman–Crippen MR) is 91.7 cm³/mol. The third-order valence-corrected chi connectivity index (χ3v) is 3.80. The highest BCUT2D eigenvalue weighted by atomic mass is 35.5. The van der Waals surface area contributed by atoms with Crippen LogP contribution in [0, 0.1) is 0 Å². The molecular formula is C16H21ClN4O2. The topological polar surface area (TPSA) is 93.2 Å². The summed E-state index contributed by atoms with van der Waals surface area (Å²) < 4.78 is 1.63. The molecule has 1 aromatic carbocycles. The summed E-state index contributed by atoms with van der Waals surface area (Å²) in [5, 5.41) is 16.9. The molecule has 7 heteroatoms. The van der Waals surface area contributed by atoms with Gasteiger partial charge in [0.2, 0.25) is 0 Å². The number of hydrogen-bond donors (Lipinski definition) is 3. The van der Waals surface area contributed by atoms with Gasteiger partial charge in [-0.05, 0) is 31.0 Å². The zero-order valence-electron chi connectivity index (χ0n) is 13.2. The van der Waals surface area contributed by atoms with Crippen LogP contribution in [-0.2, 0) is 0 Å². The van der Waals surface area contributed by atoms with E-state index in [0.29, 0.717) is 22.0 Å². The van der Waals surface area contributed by atoms with Gasteiger partial charge in [0.15, 0.2) is 0 Å². The van der Waals surface area contributed by atoms with Crippen LogP contribution in [0.5, 0.6) is 0 Å². The first-order valence-electron chi connectivity index (χ1n) is 7.62. The summed E-state index contributed by atoms with van der Waals surface area (Å²) in [6.45, 7) is 4.00. The predicted octanol–water partition coefficient (Wildman–Crippen LogP) is 3.09. The third kappa shape index (κ3) is 4.03. The molecule has 2 aromatic rings. The molecule has 0 saturated heterocycles. The number of aliphatic hydroxyl groups is 1. The Balaban J connectivity index is 0.000000924. The fourth-order valence-electron chi connectivity index (χ4n) is 2.30. The number of anilines is 2. The molecule has 0 radical (unpaired) electrons. The highest BCUT2D eigenvalue weighted by molar-refractivity contribution is 6.31. The molecule has 1 aliphatic carbocycles. The Hall–Kier alpha value is -2.05. The Morgan fingerprint density at radius 1 is 1.39 bits per heavy atom. The number of nitrogens with zero attached hydrogens (tertiary/aromatic N) is 2. The van der Waals surface area contributed by atoms with Crippen LogP contribution in [0.4, 0.5) is 11.4 Å². The normalized spacial score (nSPS) is 19.3. The standard InChI is InChI=1S/C14H15ClN4O2.C2H6/c15-9-3-10(16)5-11(4-9)18-14(21)8-6-17-19(7-8)12-1-2-13(12)20;1-2/h3-7,12-13,20H,1-2,16H2,(H,18,21);1-2H3. The van der Waals surface area contributed by atoms with Crippen LogP contribution in [0.15, 0.2) is 30.6 Å². The van der Waals surface area contributed by atoms with Crippen LogP contribution in [0.2, 0.25) is 5.02 Å². The van der Waals surface area contributed by atoms with E-state index in [1.165, 1.54) is 6.20 Å². The Kier molecular flexibility index (Phi) is 5.63. The van der Waals surface area contributed by atoms with Crippen molar-refractivity contribution in [3.8, 4) is 0 Å². The van der Waals surface area contributed by atoms with E-state index in [-0.39, 0.29) is 18.1 Å². The summed E-state index contributed by atoms with van der Waals surface area (Å²) in [7, 11) is 0. The number of nitrogens with one attached hydrogen (secondary N) is 1. The van der Waals surface area contributed by atoms with Gasteiger partial charge in [-0.3, -0.25) is 9.48 Å². The van der Waals surface area contributed by atoms with Crippen molar-refractivity contribution in [1.29, 1.82) is 0 Å². The maximum absolute atomic E-state index is 12.1. The highest BCUT2D eigenvalue weighted by Crippen LogP contribution is 2.31. The van der Waals surface area contributed by atoms with Crippen molar-refractivity contribution in [2.75, 3.05) is 11.1 Å². The smallest absolute Gasteiger partial charge is 0.258 e. The second-order valence-electron chi connectivity index (χ2n) is 5.15. The average Bonchev–Trinajstić information content (AvgIpc) is 2.96. The fraction of sp³-hybridized carbons (Fsp3) is 0.375. The van der Waals surface area contributed by atoms with Crippen molar-refractivity contribution in [2.24, 2.45) is 0 Å². The van der Waals surface area contributed by atoms with Crippen molar-refractivity contribution in [2.45, 2.75) is 38.8 Å². The van der Waals surface area contributed by atoms with Crippen LogP contribution in [0.3, 0.4) is 0 Å². The summed E-state index contributed by atoms with van der Waals surface area (Å²) >= 11 is 5.89. The van der Waals surface area contributed by atoms with E-state index in [0.717, 1.165) is 12.8 Å². The molecule has 1 heterocycles. The monoisotopic (exact) mass is 336 g/mol. The number of benzene rings is 1. The molecule has 1 aromatic heterocycles. The van der Waals surface area contributed by atoms with Crippen molar-refractivity contribution in [3.63, 3.8) is 0 Å². The molecule has 1 amide bonds. The lowest BCUT2D eigenvalue weighted by atomic mass is 9.89. The first-order valence-corrected chi connectivity index (χ1v) is 8.00. The van der Waals surface area contributed by atoms with E-state index < -0.39 is 0 Å². The molecule has 23 heavy (non-hydrogen) atoms. The molecule has 2 atom stereocenters. The van der Waals surface area contributed by atoms with Gasteiger partial charge in [-0.2, -0.15) is 5.10 Å². The third-order valence-electron chi connectivity index (χ3n) is 3.58. The summed E-state index contributed by atoms with van der Waals surface area (Å²) in [5.41, 5.74) is 7.11. The minimum atomic E-state index is -0.381. The minimum Gasteiger partial charge on any atom is -0.399 e. The molecule has 6 nitrogen and oxygen atoms in total. The number of aromatic nitrogens is 2. The van der Waals surface area contributed by atoms with Crippen molar-refractivity contribution < 1.29 is 9.90 Å². The molecule has 3 rings (SSSR count). The van der Waals surface area contributed by atoms with Gasteiger partial charge in [0.1, 0.15) is 0 Å². The number of aliphatic hydroxyl groups excluding tert-OH is 1. The van der Waals surface area contributed by atoms with E-state index >= 15 is 0 Å². The molecule has 0 aliphatic heterocycles. The second-order valence-corrected chi connectivity index (χ2v) is 5.58. The van der Waals surface area contributed by atoms with Gasteiger partial charge in [0.05, 0.1) is 23.9 Å². The number of rotatable bonds is 3. The molecule has 1 fully saturated rings. The molecule has 0 bridgehead atoms. The van der Waals surface area contributed by atoms with Gasteiger partial charge < -0.3 is 16.2 Å². The van der Waals surface area contributed by atoms with Gasteiger partial charge in [0, 0.05) is 22.6 Å². The summed E-state index contributed by atoms with van der Waals surface area (Å²) in [4.78, 5) is 12.1. The summed E-state index contributed by atoms with van der Waals surface area (Å²) in [6, 6.07) is 4.82. The van der Waals surface area contributed by atoms with Crippen LogP contribution in [0.1, 0.15) is 43.1 Å². The number of carbonyl (C=O) groups is 1. The zero-order chi connectivity index (χ0) is 17.0. The summed E-state index contributed by atoms with van der Waals surface area (Å²) in [6.07, 6.45) is 4.38. The van der Waals surface area contributed by atoms with Crippen LogP contribution < -0.4 is 11.1 Å². The number of hydrogen-bond acceptors (Lipinski definition) is 4. The lowest BCUT2D eigenvalue weighted by molar-refractivity contribution is 0.0253. The Bertz CT molecular complexity index is 666. The number of nitrogen functional groups attached to an aromatic ring is 1. The van der Waals surface area contributed by atoms with Gasteiger partial charge in [-0.15, -0.1) is 0 Å². The SMILES string of the molecule is CC.Nc1cc(Cl)cc(NC(=O)c2cnn(C3CCC3O)c2)c1. The number of amides is 1. The van der Waals surface area contributed by atoms with E-state index in [9.17, 15) is 9.90 Å². The van der Waals surface area contributed by atoms with Crippen LogP contribution >= 0.6 is 11.6 Å². The minimum absolute atomic E-state index is 0.0339. The maximum Gasteiger partial charge on any atom is 0.258 e. The van der Waals surface area contributed by atoms with Gasteiger partial charge in [-0.25, -0.2) is 0 Å². The van der Waals surface area contributed by atoms with E-state index in [4.69, 9.17) is 17.3 Å². The quantitative estimate of drug-likeness (QED) is 0.751. The molecule has 4 N–H and O–H groups in total. The van der Waals surface area contributed by atoms with Crippen LogP contribution in [0.25, 0.3) is 0 Å². The molecule has 0 spiro atoms. The summed E-state index contributed by atoms with van der Waals surface area (Å²) in [5.74, 6) is -0.295.